The van der Waals surface area contributed by atoms with Gasteiger partial charge in [-0.25, -0.2) is 13.1 Å². The molecule has 1 heterocycles. The molecule has 1 aromatic heterocycles. The number of rotatable bonds is 5. The summed E-state index contributed by atoms with van der Waals surface area (Å²) in [4.78, 5) is 10.7. The van der Waals surface area contributed by atoms with Gasteiger partial charge in [0, 0.05) is 20.0 Å². The van der Waals surface area contributed by atoms with E-state index in [4.69, 9.17) is 5.73 Å². The normalized spacial score (nSPS) is 11.4. The number of nitrogens with zero attached hydrogens (tertiary/aromatic N) is 2. The van der Waals surface area contributed by atoms with E-state index in [1.54, 1.807) is 0 Å². The Kier molecular flexibility index (Phi) is 4.29. The highest BCUT2D eigenvalue weighted by atomic mass is 32.2. The predicted molar refractivity (Wildman–Crippen MR) is 58.5 cm³/mol. The van der Waals surface area contributed by atoms with Crippen molar-refractivity contribution in [1.82, 2.24) is 14.9 Å². The molecule has 1 aromatic rings. The van der Waals surface area contributed by atoms with E-state index in [1.165, 1.54) is 6.92 Å². The first kappa shape index (κ1) is 13.0. The summed E-state index contributed by atoms with van der Waals surface area (Å²) in [7, 11) is -3.67. The fraction of sp³-hybridized carbons (Fsp3) is 0.500. The van der Waals surface area contributed by atoms with Crippen LogP contribution in [0.3, 0.4) is 0 Å². The van der Waals surface area contributed by atoms with E-state index in [-0.39, 0.29) is 28.5 Å². The summed E-state index contributed by atoms with van der Waals surface area (Å²) in [6, 6.07) is 0. The van der Waals surface area contributed by atoms with Gasteiger partial charge >= 0.3 is 0 Å². The summed E-state index contributed by atoms with van der Waals surface area (Å²) in [6.45, 7) is 1.61. The maximum Gasteiger partial charge on any atom is 0.269 e. The highest BCUT2D eigenvalue weighted by molar-refractivity contribution is 7.91. The zero-order chi connectivity index (χ0) is 12.2. The van der Waals surface area contributed by atoms with Crippen molar-refractivity contribution in [1.29, 1.82) is 0 Å². The summed E-state index contributed by atoms with van der Waals surface area (Å²) in [5.74, 6) is -0.338. The first-order valence-corrected chi connectivity index (χ1v) is 6.56. The van der Waals surface area contributed by atoms with Crippen LogP contribution >= 0.6 is 11.3 Å². The lowest BCUT2D eigenvalue weighted by atomic mass is 10.7. The van der Waals surface area contributed by atoms with E-state index in [9.17, 15) is 13.2 Å². The molecular weight excluding hydrogens is 254 g/mol. The smallest absolute Gasteiger partial charge is 0.269 e. The van der Waals surface area contributed by atoms with Gasteiger partial charge < -0.3 is 11.1 Å². The molecule has 0 aliphatic carbocycles. The van der Waals surface area contributed by atoms with E-state index in [1.807, 2.05) is 0 Å². The topological polar surface area (TPSA) is 127 Å². The van der Waals surface area contributed by atoms with E-state index in [2.05, 4.69) is 20.2 Å². The number of nitrogens with one attached hydrogen (secondary N) is 2. The maximum absolute atomic E-state index is 11.5. The van der Waals surface area contributed by atoms with Crippen molar-refractivity contribution in [3.63, 3.8) is 0 Å². The van der Waals surface area contributed by atoms with Gasteiger partial charge in [-0.05, 0) is 0 Å². The maximum atomic E-state index is 11.5. The standard InChI is InChI=1S/C6H11N5O3S2/c1-4(12)9-5-10-11-6(15-5)16(13,14)8-3-2-7/h8H,2-3,7H2,1H3,(H,9,10,12). The largest absolute Gasteiger partial charge is 0.329 e. The van der Waals surface area contributed by atoms with Crippen molar-refractivity contribution in [3.8, 4) is 0 Å². The summed E-state index contributed by atoms with van der Waals surface area (Å²) in [5.41, 5.74) is 5.17. The second-order valence-electron chi connectivity index (χ2n) is 2.74. The van der Waals surface area contributed by atoms with Crippen LogP contribution in [0.1, 0.15) is 6.92 Å². The Hall–Kier alpha value is -1.10. The molecule has 90 valence electrons. The molecule has 8 nitrogen and oxygen atoms in total. The Morgan fingerprint density at radius 3 is 2.75 bits per heavy atom. The van der Waals surface area contributed by atoms with Crippen molar-refractivity contribution in [2.24, 2.45) is 5.73 Å². The number of aromatic nitrogens is 2. The first-order chi connectivity index (χ1) is 7.45. The number of hydrogen-bond acceptors (Lipinski definition) is 7. The minimum atomic E-state index is -3.67. The van der Waals surface area contributed by atoms with E-state index >= 15 is 0 Å². The molecule has 16 heavy (non-hydrogen) atoms. The molecule has 0 radical (unpaired) electrons. The molecule has 0 fully saturated rings. The third kappa shape index (κ3) is 3.48. The van der Waals surface area contributed by atoms with Crippen LogP contribution in [0.4, 0.5) is 5.13 Å². The average Bonchev–Trinajstić information content (AvgIpc) is 2.63. The highest BCUT2D eigenvalue weighted by Gasteiger charge is 2.19. The van der Waals surface area contributed by atoms with Crippen LogP contribution < -0.4 is 15.8 Å². The predicted octanol–water partition coefficient (Wildman–Crippen LogP) is -1.27. The van der Waals surface area contributed by atoms with E-state index < -0.39 is 10.0 Å². The van der Waals surface area contributed by atoms with Gasteiger partial charge in [0.25, 0.3) is 10.0 Å². The average molecular weight is 265 g/mol. The van der Waals surface area contributed by atoms with Crippen molar-refractivity contribution in [2.75, 3.05) is 18.4 Å². The number of anilines is 1. The van der Waals surface area contributed by atoms with E-state index in [0.29, 0.717) is 0 Å². The zero-order valence-corrected chi connectivity index (χ0v) is 10.1. The van der Waals surface area contributed by atoms with Gasteiger partial charge in [-0.3, -0.25) is 4.79 Å². The Balaban J connectivity index is 2.80. The zero-order valence-electron chi connectivity index (χ0n) is 8.43. The van der Waals surface area contributed by atoms with Crippen LogP contribution in [-0.4, -0.2) is 37.6 Å². The van der Waals surface area contributed by atoms with Crippen LogP contribution in [0.2, 0.25) is 0 Å². The minimum absolute atomic E-state index is 0.122. The number of sulfonamides is 1. The molecule has 0 aliphatic rings. The summed E-state index contributed by atoms with van der Waals surface area (Å²) in [6.07, 6.45) is 0. The molecule has 0 saturated carbocycles. The fourth-order valence-corrected chi connectivity index (χ4v) is 2.81. The molecular formula is C6H11N5O3S2. The van der Waals surface area contributed by atoms with Crippen molar-refractivity contribution in [3.05, 3.63) is 0 Å². The van der Waals surface area contributed by atoms with Crippen LogP contribution in [-0.2, 0) is 14.8 Å². The summed E-state index contributed by atoms with van der Waals surface area (Å²) in [5, 5.41) is 9.46. The number of carbonyl (C=O) groups is 1. The van der Waals surface area contributed by atoms with Crippen molar-refractivity contribution < 1.29 is 13.2 Å². The first-order valence-electron chi connectivity index (χ1n) is 4.26. The Morgan fingerprint density at radius 1 is 1.50 bits per heavy atom. The molecule has 0 bridgehead atoms. The lowest BCUT2D eigenvalue weighted by Crippen LogP contribution is -2.29. The van der Waals surface area contributed by atoms with Crippen LogP contribution in [0, 0.1) is 0 Å². The van der Waals surface area contributed by atoms with Gasteiger partial charge in [-0.1, -0.05) is 11.3 Å². The Labute approximate surface area is 96.3 Å². The quantitative estimate of drug-likeness (QED) is 0.570. The lowest BCUT2D eigenvalue weighted by molar-refractivity contribution is -0.114. The highest BCUT2D eigenvalue weighted by Crippen LogP contribution is 2.19. The second kappa shape index (κ2) is 5.30. The van der Waals surface area contributed by atoms with E-state index in [0.717, 1.165) is 11.3 Å². The molecule has 0 unspecified atom stereocenters. The number of nitrogens with two attached hydrogens (primary N) is 1. The number of amides is 1. The number of carbonyl (C=O) groups excluding carboxylic acids is 1. The van der Waals surface area contributed by atoms with Gasteiger partial charge in [0.05, 0.1) is 0 Å². The van der Waals surface area contributed by atoms with Crippen LogP contribution in [0.5, 0.6) is 0 Å². The summed E-state index contributed by atoms with van der Waals surface area (Å²) < 4.78 is 25.1. The van der Waals surface area contributed by atoms with Crippen LogP contribution in [0.15, 0.2) is 4.34 Å². The van der Waals surface area contributed by atoms with Gasteiger partial charge in [0.15, 0.2) is 0 Å². The van der Waals surface area contributed by atoms with Gasteiger partial charge in [-0.15, -0.1) is 10.2 Å². The van der Waals surface area contributed by atoms with Gasteiger partial charge in [-0.2, -0.15) is 0 Å². The SMILES string of the molecule is CC(=O)Nc1nnc(S(=O)(=O)NCCN)s1. The molecule has 0 atom stereocenters. The summed E-state index contributed by atoms with van der Waals surface area (Å²) >= 11 is 0.773. The molecule has 4 N–H and O–H groups in total. The lowest BCUT2D eigenvalue weighted by Gasteiger charge is -1.99. The molecule has 0 saturated heterocycles. The molecule has 0 aromatic carbocycles. The molecule has 1 amide bonds. The minimum Gasteiger partial charge on any atom is -0.329 e. The van der Waals surface area contributed by atoms with Crippen molar-refractivity contribution in [2.45, 2.75) is 11.3 Å². The fourth-order valence-electron chi connectivity index (χ4n) is 0.774. The Morgan fingerprint density at radius 2 is 2.19 bits per heavy atom. The third-order valence-electron chi connectivity index (χ3n) is 1.36. The number of hydrogen-bond donors (Lipinski definition) is 3. The Bertz CT molecular complexity index is 468. The van der Waals surface area contributed by atoms with Gasteiger partial charge in [0.2, 0.25) is 15.4 Å². The monoisotopic (exact) mass is 265 g/mol. The van der Waals surface area contributed by atoms with Gasteiger partial charge in [0.1, 0.15) is 0 Å². The van der Waals surface area contributed by atoms with Crippen molar-refractivity contribution >= 4 is 32.4 Å². The molecule has 10 heteroatoms. The second-order valence-corrected chi connectivity index (χ2v) is 5.66. The van der Waals surface area contributed by atoms with Crippen LogP contribution in [0.25, 0.3) is 0 Å². The molecule has 1 rings (SSSR count). The molecule has 0 aliphatic heterocycles. The third-order valence-corrected chi connectivity index (χ3v) is 4.02. The molecule has 0 spiro atoms.